The number of thiazole rings is 1. The summed E-state index contributed by atoms with van der Waals surface area (Å²) in [6, 6.07) is 13.0. The minimum Gasteiger partial charge on any atom is -0.399 e. The quantitative estimate of drug-likeness (QED) is 0.722. The Morgan fingerprint density at radius 2 is 1.96 bits per heavy atom. The van der Waals surface area contributed by atoms with Crippen molar-refractivity contribution in [1.82, 2.24) is 9.97 Å². The molecule has 1 amide bonds. The second kappa shape index (κ2) is 6.58. The molecule has 0 spiro atoms. The first kappa shape index (κ1) is 15.2. The van der Waals surface area contributed by atoms with E-state index in [9.17, 15) is 4.79 Å². The van der Waals surface area contributed by atoms with Crippen LogP contribution < -0.4 is 11.1 Å². The van der Waals surface area contributed by atoms with Crippen LogP contribution in [0.5, 0.6) is 0 Å². The van der Waals surface area contributed by atoms with Crippen molar-refractivity contribution in [3.8, 4) is 10.6 Å². The average Bonchev–Trinajstić information content (AvgIpc) is 2.96. The van der Waals surface area contributed by atoms with E-state index in [-0.39, 0.29) is 12.3 Å². The fraction of sp³-hybridized carbons (Fsp3) is 0.118. The second-order valence-electron chi connectivity index (χ2n) is 5.16. The number of nitrogens with one attached hydrogen (secondary N) is 1. The maximum Gasteiger partial charge on any atom is 0.231 e. The summed E-state index contributed by atoms with van der Waals surface area (Å²) in [6.07, 6.45) is 0.223. The molecule has 3 rings (SSSR count). The molecule has 0 fully saturated rings. The Kier molecular flexibility index (Phi) is 4.34. The van der Waals surface area contributed by atoms with Gasteiger partial charge in [-0.25, -0.2) is 9.97 Å². The van der Waals surface area contributed by atoms with Gasteiger partial charge >= 0.3 is 0 Å². The first-order valence-electron chi connectivity index (χ1n) is 7.14. The van der Waals surface area contributed by atoms with E-state index in [0.29, 0.717) is 5.82 Å². The third kappa shape index (κ3) is 3.92. The minimum atomic E-state index is -0.128. The highest BCUT2D eigenvalue weighted by atomic mass is 32.1. The van der Waals surface area contributed by atoms with Gasteiger partial charge < -0.3 is 11.1 Å². The Balaban J connectivity index is 1.66. The summed E-state index contributed by atoms with van der Waals surface area (Å²) in [4.78, 5) is 20.8. The van der Waals surface area contributed by atoms with Crippen LogP contribution in [0.4, 0.5) is 11.5 Å². The number of amides is 1. The maximum absolute atomic E-state index is 12.1. The number of rotatable bonds is 4. The molecule has 0 saturated carbocycles. The lowest BCUT2D eigenvalue weighted by atomic mass is 10.2. The monoisotopic (exact) mass is 324 g/mol. The molecule has 0 unspecified atom stereocenters. The van der Waals surface area contributed by atoms with Gasteiger partial charge in [0.15, 0.2) is 0 Å². The first-order chi connectivity index (χ1) is 11.1. The molecule has 3 N–H and O–H groups in total. The van der Waals surface area contributed by atoms with Crippen molar-refractivity contribution in [3.63, 3.8) is 0 Å². The lowest BCUT2D eigenvalue weighted by Gasteiger charge is -2.03. The number of benzene rings is 1. The van der Waals surface area contributed by atoms with Crippen LogP contribution >= 0.6 is 11.3 Å². The van der Waals surface area contributed by atoms with Gasteiger partial charge in [-0.3, -0.25) is 4.79 Å². The van der Waals surface area contributed by atoms with Crippen molar-refractivity contribution < 1.29 is 4.79 Å². The summed E-state index contributed by atoms with van der Waals surface area (Å²) in [5.41, 5.74) is 9.00. The fourth-order valence-electron chi connectivity index (χ4n) is 2.11. The molecule has 3 aromatic rings. The number of anilines is 2. The van der Waals surface area contributed by atoms with E-state index in [0.717, 1.165) is 27.6 Å². The van der Waals surface area contributed by atoms with E-state index in [4.69, 9.17) is 5.73 Å². The van der Waals surface area contributed by atoms with Crippen molar-refractivity contribution in [1.29, 1.82) is 0 Å². The smallest absolute Gasteiger partial charge is 0.231 e. The van der Waals surface area contributed by atoms with E-state index in [1.54, 1.807) is 6.07 Å². The van der Waals surface area contributed by atoms with Crippen molar-refractivity contribution in [2.75, 3.05) is 11.1 Å². The molecule has 0 aliphatic rings. The van der Waals surface area contributed by atoms with Crippen LogP contribution in [-0.4, -0.2) is 15.9 Å². The van der Waals surface area contributed by atoms with Gasteiger partial charge in [0.2, 0.25) is 5.91 Å². The first-order valence-corrected chi connectivity index (χ1v) is 8.02. The lowest BCUT2D eigenvalue weighted by Crippen LogP contribution is -2.15. The Morgan fingerprint density at radius 1 is 1.17 bits per heavy atom. The molecule has 0 bridgehead atoms. The van der Waals surface area contributed by atoms with Crippen LogP contribution in [0, 0.1) is 6.92 Å². The summed E-state index contributed by atoms with van der Waals surface area (Å²) in [5, 5.41) is 5.56. The third-order valence-corrected chi connectivity index (χ3v) is 4.15. The average molecular weight is 324 g/mol. The van der Waals surface area contributed by atoms with Crippen molar-refractivity contribution in [2.45, 2.75) is 13.3 Å². The molecule has 0 aliphatic carbocycles. The largest absolute Gasteiger partial charge is 0.399 e. The number of nitrogens with zero attached hydrogens (tertiary/aromatic N) is 2. The van der Waals surface area contributed by atoms with E-state index in [2.05, 4.69) is 15.3 Å². The summed E-state index contributed by atoms with van der Waals surface area (Å²) in [5.74, 6) is 0.432. The number of aromatic nitrogens is 2. The number of nitrogen functional groups attached to an aromatic ring is 1. The van der Waals surface area contributed by atoms with Crippen molar-refractivity contribution >= 4 is 28.7 Å². The van der Waals surface area contributed by atoms with E-state index >= 15 is 0 Å². The molecule has 2 aromatic heterocycles. The van der Waals surface area contributed by atoms with Crippen LogP contribution in [0.25, 0.3) is 10.6 Å². The van der Waals surface area contributed by atoms with Gasteiger partial charge in [0, 0.05) is 22.3 Å². The number of nitrogens with two attached hydrogens (primary N) is 1. The number of pyridine rings is 1. The highest BCUT2D eigenvalue weighted by Gasteiger charge is 2.10. The molecular formula is C17H16N4OS. The van der Waals surface area contributed by atoms with Gasteiger partial charge in [-0.2, -0.15) is 0 Å². The molecule has 116 valence electrons. The molecule has 0 saturated heterocycles. The standard InChI is InChI=1S/C17H16N4OS/c1-11-3-2-4-15(19-11)21-16(22)9-14-10-23-17(20-14)12-5-7-13(18)8-6-12/h2-8,10H,9,18H2,1H3,(H,19,21,22). The summed E-state index contributed by atoms with van der Waals surface area (Å²) < 4.78 is 0. The predicted molar refractivity (Wildman–Crippen MR) is 93.3 cm³/mol. The van der Waals surface area contributed by atoms with Crippen LogP contribution in [-0.2, 0) is 11.2 Å². The Labute approximate surface area is 138 Å². The molecule has 1 aromatic carbocycles. The zero-order valence-electron chi connectivity index (χ0n) is 12.6. The zero-order valence-corrected chi connectivity index (χ0v) is 13.4. The van der Waals surface area contributed by atoms with E-state index in [1.807, 2.05) is 48.7 Å². The molecule has 6 heteroatoms. The van der Waals surface area contributed by atoms with Gasteiger partial charge in [0.1, 0.15) is 10.8 Å². The number of aryl methyl sites for hydroxylation is 1. The van der Waals surface area contributed by atoms with Crippen LogP contribution in [0.1, 0.15) is 11.4 Å². The van der Waals surface area contributed by atoms with Gasteiger partial charge in [-0.15, -0.1) is 11.3 Å². The van der Waals surface area contributed by atoms with Gasteiger partial charge in [0.05, 0.1) is 12.1 Å². The van der Waals surface area contributed by atoms with Crippen LogP contribution in [0.3, 0.4) is 0 Å². The number of hydrogen-bond acceptors (Lipinski definition) is 5. The van der Waals surface area contributed by atoms with Gasteiger partial charge in [-0.1, -0.05) is 6.07 Å². The third-order valence-electron chi connectivity index (χ3n) is 3.21. The molecule has 0 radical (unpaired) electrons. The molecule has 2 heterocycles. The van der Waals surface area contributed by atoms with Gasteiger partial charge in [0.25, 0.3) is 0 Å². The Hall–Kier alpha value is -2.73. The topological polar surface area (TPSA) is 80.9 Å². The van der Waals surface area contributed by atoms with E-state index < -0.39 is 0 Å². The highest BCUT2D eigenvalue weighted by Crippen LogP contribution is 2.24. The van der Waals surface area contributed by atoms with Crippen LogP contribution in [0.15, 0.2) is 47.8 Å². The normalized spacial score (nSPS) is 10.5. The van der Waals surface area contributed by atoms with Crippen molar-refractivity contribution in [3.05, 3.63) is 59.2 Å². The lowest BCUT2D eigenvalue weighted by molar-refractivity contribution is -0.115. The number of carbonyl (C=O) groups excluding carboxylic acids is 1. The predicted octanol–water partition coefficient (Wildman–Crippen LogP) is 3.28. The molecular weight excluding hydrogens is 308 g/mol. The molecule has 23 heavy (non-hydrogen) atoms. The second-order valence-corrected chi connectivity index (χ2v) is 6.01. The van der Waals surface area contributed by atoms with Crippen molar-refractivity contribution in [2.24, 2.45) is 0 Å². The fourth-order valence-corrected chi connectivity index (χ4v) is 2.94. The summed E-state index contributed by atoms with van der Waals surface area (Å²) in [6.45, 7) is 1.88. The maximum atomic E-state index is 12.1. The highest BCUT2D eigenvalue weighted by molar-refractivity contribution is 7.13. The molecule has 0 atom stereocenters. The van der Waals surface area contributed by atoms with Crippen LogP contribution in [0.2, 0.25) is 0 Å². The molecule has 5 nitrogen and oxygen atoms in total. The summed E-state index contributed by atoms with van der Waals surface area (Å²) in [7, 11) is 0. The van der Waals surface area contributed by atoms with Gasteiger partial charge in [-0.05, 0) is 43.3 Å². The Bertz CT molecular complexity index is 827. The van der Waals surface area contributed by atoms with E-state index in [1.165, 1.54) is 11.3 Å². The SMILES string of the molecule is Cc1cccc(NC(=O)Cc2csc(-c3ccc(N)cc3)n2)n1. The Morgan fingerprint density at radius 3 is 2.70 bits per heavy atom. The summed E-state index contributed by atoms with van der Waals surface area (Å²) >= 11 is 1.51. The number of hydrogen-bond donors (Lipinski definition) is 2. The molecule has 0 aliphatic heterocycles. The minimum absolute atomic E-state index is 0.128. The zero-order chi connectivity index (χ0) is 16.2. The number of carbonyl (C=O) groups is 1.